The molecule has 22 heavy (non-hydrogen) atoms. The summed E-state index contributed by atoms with van der Waals surface area (Å²) in [6, 6.07) is 2.63. The minimum atomic E-state index is -0.534. The first-order valence-electron chi connectivity index (χ1n) is 6.46. The van der Waals surface area contributed by atoms with Crippen molar-refractivity contribution in [1.29, 1.82) is 0 Å². The van der Waals surface area contributed by atoms with Crippen LogP contribution in [-0.2, 0) is 11.8 Å². The first kappa shape index (κ1) is 16.6. The molecule has 118 valence electrons. The number of nitrogens with zero attached hydrogens (tertiary/aromatic N) is 2. The van der Waals surface area contributed by atoms with E-state index in [0.29, 0.717) is 21.5 Å². The molecule has 0 spiro atoms. The molecule has 6 nitrogen and oxygen atoms in total. The first-order chi connectivity index (χ1) is 10.5. The number of hydrogen-bond donors (Lipinski definition) is 2. The van der Waals surface area contributed by atoms with Crippen molar-refractivity contribution in [2.75, 3.05) is 19.5 Å². The van der Waals surface area contributed by atoms with Crippen LogP contribution in [0.3, 0.4) is 0 Å². The largest absolute Gasteiger partial charge is 0.494 e. The number of halogens is 2. The lowest BCUT2D eigenvalue weighted by atomic mass is 10.1. The normalized spacial score (nSPS) is 12.0. The minimum absolute atomic E-state index is 0.243. The Morgan fingerprint density at radius 2 is 2.00 bits per heavy atom. The van der Waals surface area contributed by atoms with E-state index in [-0.39, 0.29) is 5.91 Å². The lowest BCUT2D eigenvalue weighted by molar-refractivity contribution is -0.118. The van der Waals surface area contributed by atoms with Gasteiger partial charge in [-0.05, 0) is 19.2 Å². The van der Waals surface area contributed by atoms with Gasteiger partial charge in [0.1, 0.15) is 6.04 Å². The number of amides is 1. The highest BCUT2D eigenvalue weighted by Crippen LogP contribution is 2.35. The summed E-state index contributed by atoms with van der Waals surface area (Å²) in [5.41, 5.74) is 1.25. The van der Waals surface area contributed by atoms with Gasteiger partial charge in [-0.1, -0.05) is 23.2 Å². The number of aryl methyl sites for hydroxylation is 1. The third-order valence-electron chi connectivity index (χ3n) is 3.08. The molecule has 0 saturated heterocycles. The van der Waals surface area contributed by atoms with Crippen LogP contribution in [0.2, 0.25) is 10.0 Å². The molecule has 0 radical (unpaired) electrons. The van der Waals surface area contributed by atoms with Crippen molar-refractivity contribution in [1.82, 2.24) is 15.1 Å². The molecule has 0 bridgehead atoms. The molecular weight excluding hydrogens is 327 g/mol. The molecule has 2 rings (SSSR count). The van der Waals surface area contributed by atoms with E-state index in [4.69, 9.17) is 27.9 Å². The van der Waals surface area contributed by atoms with Crippen LogP contribution in [0.15, 0.2) is 24.5 Å². The van der Waals surface area contributed by atoms with E-state index in [0.717, 1.165) is 5.56 Å². The summed E-state index contributed by atoms with van der Waals surface area (Å²) in [4.78, 5) is 12.4. The van der Waals surface area contributed by atoms with Gasteiger partial charge in [0.15, 0.2) is 5.75 Å². The maximum Gasteiger partial charge on any atom is 0.246 e. The quantitative estimate of drug-likeness (QED) is 0.876. The number of methoxy groups -OCH3 is 1. The third-order valence-corrected chi connectivity index (χ3v) is 3.64. The maximum absolute atomic E-state index is 12.4. The van der Waals surface area contributed by atoms with Crippen LogP contribution < -0.4 is 15.4 Å². The van der Waals surface area contributed by atoms with Crippen LogP contribution in [0.1, 0.15) is 11.6 Å². The number of nitrogens with one attached hydrogen (secondary N) is 2. The van der Waals surface area contributed by atoms with Gasteiger partial charge in [0.25, 0.3) is 0 Å². The van der Waals surface area contributed by atoms with Crippen LogP contribution in [0.5, 0.6) is 5.75 Å². The average Bonchev–Trinajstić information content (AvgIpc) is 2.85. The molecule has 0 aliphatic heterocycles. The molecule has 2 aromatic rings. The number of likely N-dealkylation sites (N-methyl/N-ethyl adjacent to an activating group) is 1. The second kappa shape index (κ2) is 7.00. The molecule has 0 aliphatic carbocycles. The topological polar surface area (TPSA) is 68.2 Å². The highest BCUT2D eigenvalue weighted by Gasteiger charge is 2.21. The molecule has 1 amide bonds. The fourth-order valence-corrected chi connectivity index (χ4v) is 2.72. The predicted molar refractivity (Wildman–Crippen MR) is 86.7 cm³/mol. The smallest absolute Gasteiger partial charge is 0.246 e. The number of benzene rings is 1. The van der Waals surface area contributed by atoms with E-state index in [1.165, 1.54) is 7.11 Å². The summed E-state index contributed by atoms with van der Waals surface area (Å²) in [5.74, 6) is 0.131. The van der Waals surface area contributed by atoms with Crippen molar-refractivity contribution in [2.24, 2.45) is 7.05 Å². The molecule has 0 saturated carbocycles. The zero-order valence-electron chi connectivity index (χ0n) is 12.4. The molecule has 1 unspecified atom stereocenters. The van der Waals surface area contributed by atoms with Crippen molar-refractivity contribution in [3.05, 3.63) is 40.1 Å². The van der Waals surface area contributed by atoms with Crippen molar-refractivity contribution in [3.63, 3.8) is 0 Å². The Kier molecular flexibility index (Phi) is 5.28. The summed E-state index contributed by atoms with van der Waals surface area (Å²) in [7, 11) is 4.97. The van der Waals surface area contributed by atoms with Crippen LogP contribution in [-0.4, -0.2) is 29.8 Å². The van der Waals surface area contributed by atoms with E-state index in [1.807, 2.05) is 0 Å². The Morgan fingerprint density at radius 3 is 2.45 bits per heavy atom. The van der Waals surface area contributed by atoms with Gasteiger partial charge < -0.3 is 15.4 Å². The molecule has 1 aromatic carbocycles. The molecule has 0 fully saturated rings. The Balaban J connectivity index is 2.20. The number of ether oxygens (including phenoxy) is 1. The van der Waals surface area contributed by atoms with Gasteiger partial charge in [-0.25, -0.2) is 0 Å². The summed E-state index contributed by atoms with van der Waals surface area (Å²) in [6.07, 6.45) is 3.41. The standard InChI is InChI=1S/C14H16Cl2N4O2/c1-17-12(8-6-18-20(2)7-8)14(21)19-9-4-10(15)13(22-3)11(16)5-9/h4-7,12,17H,1-3H3,(H,19,21). The van der Waals surface area contributed by atoms with Crippen LogP contribution in [0.4, 0.5) is 5.69 Å². The molecule has 1 aromatic heterocycles. The lowest BCUT2D eigenvalue weighted by Gasteiger charge is -2.15. The SMILES string of the molecule is CNC(C(=O)Nc1cc(Cl)c(OC)c(Cl)c1)c1cnn(C)c1. The van der Waals surface area contributed by atoms with Crippen molar-refractivity contribution >= 4 is 34.8 Å². The van der Waals surface area contributed by atoms with E-state index in [1.54, 1.807) is 43.3 Å². The minimum Gasteiger partial charge on any atom is -0.494 e. The number of carbonyl (C=O) groups excluding carboxylic acids is 1. The summed E-state index contributed by atoms with van der Waals surface area (Å²) >= 11 is 12.1. The Labute approximate surface area is 138 Å². The number of aromatic nitrogens is 2. The Hall–Kier alpha value is -1.76. The Morgan fingerprint density at radius 1 is 1.36 bits per heavy atom. The average molecular weight is 343 g/mol. The van der Waals surface area contributed by atoms with Gasteiger partial charge in [0.2, 0.25) is 5.91 Å². The number of rotatable bonds is 5. The predicted octanol–water partition coefficient (Wildman–Crippen LogP) is 2.63. The second-order valence-corrected chi connectivity index (χ2v) is 5.45. The van der Waals surface area contributed by atoms with Crippen LogP contribution >= 0.6 is 23.2 Å². The molecular formula is C14H16Cl2N4O2. The molecule has 0 aliphatic rings. The maximum atomic E-state index is 12.4. The summed E-state index contributed by atoms with van der Waals surface area (Å²) in [5, 5.41) is 10.4. The van der Waals surface area contributed by atoms with Gasteiger partial charge in [0.05, 0.1) is 23.4 Å². The van der Waals surface area contributed by atoms with Gasteiger partial charge in [-0.3, -0.25) is 9.48 Å². The lowest BCUT2D eigenvalue weighted by Crippen LogP contribution is -2.30. The zero-order valence-corrected chi connectivity index (χ0v) is 13.9. The third kappa shape index (κ3) is 3.52. The number of carbonyl (C=O) groups is 1. The molecule has 1 heterocycles. The summed E-state index contributed by atoms with van der Waals surface area (Å²) < 4.78 is 6.71. The molecule has 2 N–H and O–H groups in total. The van der Waals surface area contributed by atoms with Crippen LogP contribution in [0.25, 0.3) is 0 Å². The second-order valence-electron chi connectivity index (χ2n) is 4.63. The van der Waals surface area contributed by atoms with Crippen molar-refractivity contribution < 1.29 is 9.53 Å². The summed E-state index contributed by atoms with van der Waals surface area (Å²) in [6.45, 7) is 0. The number of hydrogen-bond acceptors (Lipinski definition) is 4. The van der Waals surface area contributed by atoms with Crippen molar-refractivity contribution in [2.45, 2.75) is 6.04 Å². The van der Waals surface area contributed by atoms with Gasteiger partial charge >= 0.3 is 0 Å². The highest BCUT2D eigenvalue weighted by atomic mass is 35.5. The zero-order chi connectivity index (χ0) is 16.3. The van der Waals surface area contributed by atoms with Gasteiger partial charge in [0, 0.05) is 24.5 Å². The molecule has 8 heteroatoms. The van der Waals surface area contributed by atoms with E-state index >= 15 is 0 Å². The van der Waals surface area contributed by atoms with E-state index in [9.17, 15) is 4.79 Å². The van der Waals surface area contributed by atoms with E-state index in [2.05, 4.69) is 15.7 Å². The highest BCUT2D eigenvalue weighted by molar-refractivity contribution is 6.37. The van der Waals surface area contributed by atoms with Gasteiger partial charge in [-0.2, -0.15) is 5.10 Å². The van der Waals surface area contributed by atoms with Gasteiger partial charge in [-0.15, -0.1) is 0 Å². The van der Waals surface area contributed by atoms with Crippen molar-refractivity contribution in [3.8, 4) is 5.75 Å². The van der Waals surface area contributed by atoms with Crippen LogP contribution in [0, 0.1) is 0 Å². The molecule has 1 atom stereocenters. The fourth-order valence-electron chi connectivity index (χ4n) is 2.08. The monoisotopic (exact) mass is 342 g/mol. The van der Waals surface area contributed by atoms with E-state index < -0.39 is 6.04 Å². The first-order valence-corrected chi connectivity index (χ1v) is 7.21. The number of anilines is 1. The Bertz CT molecular complexity index is 664. The fraction of sp³-hybridized carbons (Fsp3) is 0.286.